The Morgan fingerprint density at radius 1 is 1.40 bits per heavy atom. The van der Waals surface area contributed by atoms with Gasteiger partial charge in [0.1, 0.15) is 12.9 Å². The monoisotopic (exact) mass is 280 g/mol. The molecule has 0 radical (unpaired) electrons. The maximum Gasteiger partial charge on any atom is 0.310 e. The molecule has 0 N–H and O–H groups in total. The predicted molar refractivity (Wildman–Crippen MR) is 71.2 cm³/mol. The molecule has 0 bridgehead atoms. The highest BCUT2D eigenvalue weighted by molar-refractivity contribution is 5.76. The molecular weight excluding hydrogens is 264 g/mol. The van der Waals surface area contributed by atoms with Gasteiger partial charge in [-0.05, 0) is 12.1 Å². The van der Waals surface area contributed by atoms with Crippen LogP contribution in [0.2, 0.25) is 0 Å². The molecule has 1 aromatic rings. The molecule has 1 aliphatic heterocycles. The van der Waals surface area contributed by atoms with E-state index in [1.165, 1.54) is 18.2 Å². The molecule has 0 aromatic heterocycles. The fourth-order valence-electron chi connectivity index (χ4n) is 1.98. The summed E-state index contributed by atoms with van der Waals surface area (Å²) >= 11 is 0. The van der Waals surface area contributed by atoms with E-state index in [4.69, 9.17) is 9.47 Å². The Hall–Kier alpha value is -1.99. The van der Waals surface area contributed by atoms with Gasteiger partial charge in [-0.2, -0.15) is 0 Å². The number of nitrogens with zero attached hydrogens (tertiary/aromatic N) is 2. The van der Waals surface area contributed by atoms with Crippen molar-refractivity contribution < 1.29 is 19.2 Å². The molecule has 2 rings (SSSR count). The van der Waals surface area contributed by atoms with Gasteiger partial charge in [-0.1, -0.05) is 0 Å². The molecule has 0 amide bonds. The summed E-state index contributed by atoms with van der Waals surface area (Å²) in [5.74, 6) is 0.132. The lowest BCUT2D eigenvalue weighted by Gasteiger charge is -2.26. The molecule has 0 saturated carbocycles. The summed E-state index contributed by atoms with van der Waals surface area (Å²) in [6.45, 7) is 4.07. The number of aldehydes is 1. The molecule has 20 heavy (non-hydrogen) atoms. The number of ether oxygens (including phenoxy) is 2. The van der Waals surface area contributed by atoms with E-state index in [0.29, 0.717) is 38.2 Å². The molecule has 7 nitrogen and oxygen atoms in total. The van der Waals surface area contributed by atoms with Gasteiger partial charge in [-0.3, -0.25) is 19.8 Å². The Balaban J connectivity index is 1.96. The van der Waals surface area contributed by atoms with Crippen molar-refractivity contribution in [2.45, 2.75) is 0 Å². The molecule has 1 fully saturated rings. The normalized spacial score (nSPS) is 15.8. The van der Waals surface area contributed by atoms with Crippen LogP contribution in [0.5, 0.6) is 5.75 Å². The minimum atomic E-state index is -0.515. The minimum Gasteiger partial charge on any atom is -0.485 e. The first-order valence-corrected chi connectivity index (χ1v) is 6.37. The maximum absolute atomic E-state index is 10.9. The molecule has 0 spiro atoms. The van der Waals surface area contributed by atoms with Crippen LogP contribution in [0.4, 0.5) is 5.69 Å². The number of morpholine rings is 1. The van der Waals surface area contributed by atoms with E-state index in [-0.39, 0.29) is 11.4 Å². The van der Waals surface area contributed by atoms with Crippen LogP contribution < -0.4 is 4.74 Å². The number of hydrogen-bond acceptors (Lipinski definition) is 6. The van der Waals surface area contributed by atoms with Gasteiger partial charge in [-0.15, -0.1) is 0 Å². The smallest absolute Gasteiger partial charge is 0.310 e. The van der Waals surface area contributed by atoms with Crippen LogP contribution in [0, 0.1) is 10.1 Å². The number of carbonyl (C=O) groups is 1. The second kappa shape index (κ2) is 6.97. The van der Waals surface area contributed by atoms with Crippen molar-refractivity contribution in [1.82, 2.24) is 4.90 Å². The fourth-order valence-corrected chi connectivity index (χ4v) is 1.98. The average Bonchev–Trinajstić information content (AvgIpc) is 2.48. The number of rotatable bonds is 6. The van der Waals surface area contributed by atoms with Crippen LogP contribution in [0.1, 0.15) is 10.4 Å². The highest BCUT2D eigenvalue weighted by Crippen LogP contribution is 2.27. The van der Waals surface area contributed by atoms with Crippen molar-refractivity contribution in [2.75, 3.05) is 39.5 Å². The lowest BCUT2D eigenvalue weighted by atomic mass is 10.2. The summed E-state index contributed by atoms with van der Waals surface area (Å²) in [7, 11) is 0. The second-order valence-corrected chi connectivity index (χ2v) is 4.40. The summed E-state index contributed by atoms with van der Waals surface area (Å²) in [4.78, 5) is 23.3. The lowest BCUT2D eigenvalue weighted by Crippen LogP contribution is -2.38. The standard InChI is InChI=1S/C13H16N2O5/c16-10-11-1-2-12(15(17)18)13(9-11)20-8-5-14-3-6-19-7-4-14/h1-2,9-10H,3-8H2. The van der Waals surface area contributed by atoms with Crippen molar-refractivity contribution in [3.05, 3.63) is 33.9 Å². The van der Waals surface area contributed by atoms with E-state index in [0.717, 1.165) is 13.1 Å². The van der Waals surface area contributed by atoms with Crippen LogP contribution in [-0.4, -0.2) is 55.6 Å². The van der Waals surface area contributed by atoms with Crippen LogP contribution >= 0.6 is 0 Å². The predicted octanol–water partition coefficient (Wildman–Crippen LogP) is 1.12. The van der Waals surface area contributed by atoms with Crippen molar-refractivity contribution in [3.63, 3.8) is 0 Å². The van der Waals surface area contributed by atoms with Gasteiger partial charge in [-0.25, -0.2) is 0 Å². The van der Waals surface area contributed by atoms with Gasteiger partial charge in [0.25, 0.3) is 0 Å². The van der Waals surface area contributed by atoms with Gasteiger partial charge >= 0.3 is 5.69 Å². The van der Waals surface area contributed by atoms with Crippen LogP contribution in [0.25, 0.3) is 0 Å². The van der Waals surface area contributed by atoms with Crippen molar-refractivity contribution in [1.29, 1.82) is 0 Å². The molecular formula is C13H16N2O5. The topological polar surface area (TPSA) is 81.9 Å². The summed E-state index contributed by atoms with van der Waals surface area (Å²) in [5, 5.41) is 10.9. The van der Waals surface area contributed by atoms with E-state index < -0.39 is 4.92 Å². The van der Waals surface area contributed by atoms with Crippen molar-refractivity contribution in [2.24, 2.45) is 0 Å². The van der Waals surface area contributed by atoms with Crippen LogP contribution in [0.15, 0.2) is 18.2 Å². The zero-order chi connectivity index (χ0) is 14.4. The SMILES string of the molecule is O=Cc1ccc([N+](=O)[O-])c(OCCN2CCOCC2)c1. The summed E-state index contributed by atoms with van der Waals surface area (Å²) in [6, 6.07) is 4.08. The number of nitro groups is 1. The molecule has 1 aliphatic rings. The third kappa shape index (κ3) is 3.75. The minimum absolute atomic E-state index is 0.127. The Bertz CT molecular complexity index is 486. The molecule has 0 atom stereocenters. The first kappa shape index (κ1) is 14.4. The van der Waals surface area contributed by atoms with E-state index >= 15 is 0 Å². The van der Waals surface area contributed by atoms with E-state index in [1.54, 1.807) is 0 Å². The van der Waals surface area contributed by atoms with E-state index in [2.05, 4.69) is 4.90 Å². The lowest BCUT2D eigenvalue weighted by molar-refractivity contribution is -0.385. The number of benzene rings is 1. The van der Waals surface area contributed by atoms with Gasteiger partial charge in [0.2, 0.25) is 0 Å². The highest BCUT2D eigenvalue weighted by atomic mass is 16.6. The Labute approximate surface area is 116 Å². The molecule has 1 aromatic carbocycles. The van der Waals surface area contributed by atoms with Gasteiger partial charge < -0.3 is 9.47 Å². The largest absolute Gasteiger partial charge is 0.485 e. The summed E-state index contributed by atoms with van der Waals surface area (Å²) in [6.07, 6.45) is 0.637. The van der Waals surface area contributed by atoms with Gasteiger partial charge in [0.05, 0.1) is 18.1 Å². The van der Waals surface area contributed by atoms with E-state index in [1.807, 2.05) is 0 Å². The fraction of sp³-hybridized carbons (Fsp3) is 0.462. The van der Waals surface area contributed by atoms with Gasteiger partial charge in [0, 0.05) is 31.3 Å². The zero-order valence-corrected chi connectivity index (χ0v) is 11.0. The first-order chi connectivity index (χ1) is 9.70. The van der Waals surface area contributed by atoms with Gasteiger partial charge in [0.15, 0.2) is 5.75 Å². The number of nitro benzene ring substituents is 1. The highest BCUT2D eigenvalue weighted by Gasteiger charge is 2.16. The molecule has 1 saturated heterocycles. The molecule has 108 valence electrons. The van der Waals surface area contributed by atoms with Crippen LogP contribution in [-0.2, 0) is 4.74 Å². The molecule has 0 unspecified atom stereocenters. The molecule has 0 aliphatic carbocycles. The maximum atomic E-state index is 10.9. The third-order valence-corrected chi connectivity index (χ3v) is 3.09. The molecule has 1 heterocycles. The second-order valence-electron chi connectivity index (χ2n) is 4.40. The third-order valence-electron chi connectivity index (χ3n) is 3.09. The Morgan fingerprint density at radius 3 is 2.80 bits per heavy atom. The number of hydrogen-bond donors (Lipinski definition) is 0. The molecule has 7 heteroatoms. The van der Waals surface area contributed by atoms with Crippen LogP contribution in [0.3, 0.4) is 0 Å². The summed E-state index contributed by atoms with van der Waals surface area (Å²) in [5.41, 5.74) is 0.231. The number of carbonyl (C=O) groups excluding carboxylic acids is 1. The zero-order valence-electron chi connectivity index (χ0n) is 11.0. The first-order valence-electron chi connectivity index (χ1n) is 6.37. The quantitative estimate of drug-likeness (QED) is 0.441. The summed E-state index contributed by atoms with van der Waals surface area (Å²) < 4.78 is 10.7. The Morgan fingerprint density at radius 2 is 2.15 bits per heavy atom. The van der Waals surface area contributed by atoms with Crippen molar-refractivity contribution >= 4 is 12.0 Å². The average molecular weight is 280 g/mol. The van der Waals surface area contributed by atoms with Crippen molar-refractivity contribution in [3.8, 4) is 5.75 Å². The van der Waals surface area contributed by atoms with E-state index in [9.17, 15) is 14.9 Å². The Kier molecular flexibility index (Phi) is 5.03.